The maximum Gasteiger partial charge on any atom is 0.267 e. The van der Waals surface area contributed by atoms with E-state index in [-0.39, 0.29) is 11.6 Å². The van der Waals surface area contributed by atoms with Crippen LogP contribution in [-0.4, -0.2) is 91.9 Å². The highest BCUT2D eigenvalue weighted by molar-refractivity contribution is 5.92. The van der Waals surface area contributed by atoms with E-state index in [2.05, 4.69) is 29.7 Å². The number of imidazole rings is 1. The number of anilines is 1. The van der Waals surface area contributed by atoms with Crippen LogP contribution >= 0.6 is 0 Å². The molecule has 1 saturated carbocycles. The number of rotatable bonds is 7. The van der Waals surface area contributed by atoms with Crippen molar-refractivity contribution in [2.75, 3.05) is 50.7 Å². The van der Waals surface area contributed by atoms with Gasteiger partial charge in [0.1, 0.15) is 11.2 Å². The normalized spacial score (nSPS) is 19.2. The van der Waals surface area contributed by atoms with Crippen molar-refractivity contribution < 1.29 is 9.59 Å². The van der Waals surface area contributed by atoms with Crippen molar-refractivity contribution in [2.24, 2.45) is 11.7 Å². The van der Waals surface area contributed by atoms with Gasteiger partial charge in [-0.1, -0.05) is 0 Å². The zero-order valence-corrected chi connectivity index (χ0v) is 19.6. The fourth-order valence-corrected chi connectivity index (χ4v) is 4.98. The Kier molecular flexibility index (Phi) is 5.56. The lowest BCUT2D eigenvalue weighted by Gasteiger charge is -2.41. The zero-order valence-electron chi connectivity index (χ0n) is 19.6. The number of hydrogen-bond donors (Lipinski definition) is 1. The Hall–Kier alpha value is -3.60. The van der Waals surface area contributed by atoms with Crippen molar-refractivity contribution in [1.82, 2.24) is 34.3 Å². The first-order valence-corrected chi connectivity index (χ1v) is 12.2. The predicted octanol–water partition coefficient (Wildman–Crippen LogP) is 0.478. The quantitative estimate of drug-likeness (QED) is 0.523. The Morgan fingerprint density at radius 2 is 1.74 bits per heavy atom. The van der Waals surface area contributed by atoms with Crippen LogP contribution in [0.5, 0.6) is 0 Å². The van der Waals surface area contributed by atoms with Crippen molar-refractivity contribution in [3.63, 3.8) is 0 Å². The molecule has 3 aromatic rings. The SMILES string of the molecule is NC(=O)c1ccc2ncn(CC3CN(CC(=O)N4CCN(c5ncc(C6CC6)cn5)CC4)C3)c2n1. The fourth-order valence-electron chi connectivity index (χ4n) is 4.98. The Balaban J connectivity index is 0.965. The summed E-state index contributed by atoms with van der Waals surface area (Å²) in [6, 6.07) is 3.36. The number of aromatic nitrogens is 5. The minimum atomic E-state index is -0.548. The summed E-state index contributed by atoms with van der Waals surface area (Å²) >= 11 is 0. The number of likely N-dealkylation sites (tertiary alicyclic amines) is 1. The van der Waals surface area contributed by atoms with E-state index in [1.54, 1.807) is 18.5 Å². The average Bonchev–Trinajstić information content (AvgIpc) is 3.63. The van der Waals surface area contributed by atoms with Crippen LogP contribution in [0.3, 0.4) is 0 Å². The second kappa shape index (κ2) is 8.88. The molecule has 11 nitrogen and oxygen atoms in total. The summed E-state index contributed by atoms with van der Waals surface area (Å²) < 4.78 is 1.96. The van der Waals surface area contributed by atoms with E-state index in [0.29, 0.717) is 37.1 Å². The van der Waals surface area contributed by atoms with Crippen LogP contribution in [0.15, 0.2) is 30.9 Å². The second-order valence-corrected chi connectivity index (χ2v) is 9.82. The summed E-state index contributed by atoms with van der Waals surface area (Å²) in [5.41, 5.74) is 8.24. The van der Waals surface area contributed by atoms with E-state index in [9.17, 15) is 9.59 Å². The smallest absolute Gasteiger partial charge is 0.267 e. The molecule has 0 aromatic carbocycles. The second-order valence-electron chi connectivity index (χ2n) is 9.82. The van der Waals surface area contributed by atoms with Gasteiger partial charge in [0.2, 0.25) is 11.9 Å². The molecule has 11 heteroatoms. The predicted molar refractivity (Wildman–Crippen MR) is 129 cm³/mol. The molecule has 5 heterocycles. The Morgan fingerprint density at radius 3 is 2.43 bits per heavy atom. The van der Waals surface area contributed by atoms with Gasteiger partial charge in [0, 0.05) is 64.1 Å². The monoisotopic (exact) mass is 475 g/mol. The van der Waals surface area contributed by atoms with Gasteiger partial charge >= 0.3 is 0 Å². The summed E-state index contributed by atoms with van der Waals surface area (Å²) in [5.74, 6) is 1.45. The van der Waals surface area contributed by atoms with Gasteiger partial charge in [0.15, 0.2) is 5.65 Å². The van der Waals surface area contributed by atoms with Gasteiger partial charge in [0.25, 0.3) is 5.91 Å². The maximum absolute atomic E-state index is 12.8. The molecule has 2 amide bonds. The molecule has 0 radical (unpaired) electrons. The Labute approximate surface area is 203 Å². The number of fused-ring (bicyclic) bond motifs is 1. The summed E-state index contributed by atoms with van der Waals surface area (Å²) in [4.78, 5) is 48.4. The molecule has 3 aromatic heterocycles. The van der Waals surface area contributed by atoms with Gasteiger partial charge in [-0.2, -0.15) is 0 Å². The number of carbonyl (C=O) groups excluding carboxylic acids is 2. The van der Waals surface area contributed by atoms with Crippen LogP contribution in [0.25, 0.3) is 11.2 Å². The third kappa shape index (κ3) is 4.55. The molecule has 2 N–H and O–H groups in total. The molecule has 2 saturated heterocycles. The number of hydrogen-bond acceptors (Lipinski definition) is 8. The highest BCUT2D eigenvalue weighted by Gasteiger charge is 2.31. The van der Waals surface area contributed by atoms with Crippen LogP contribution in [-0.2, 0) is 11.3 Å². The maximum atomic E-state index is 12.8. The fraction of sp³-hybridized carbons (Fsp3) is 0.500. The number of amides is 2. The first-order chi connectivity index (χ1) is 17.0. The van der Waals surface area contributed by atoms with Crippen LogP contribution in [0.2, 0.25) is 0 Å². The molecule has 182 valence electrons. The van der Waals surface area contributed by atoms with E-state index in [0.717, 1.165) is 44.2 Å². The van der Waals surface area contributed by atoms with Gasteiger partial charge < -0.3 is 20.1 Å². The van der Waals surface area contributed by atoms with Gasteiger partial charge in [-0.25, -0.2) is 19.9 Å². The van der Waals surface area contributed by atoms with Gasteiger partial charge in [0.05, 0.1) is 12.9 Å². The minimum Gasteiger partial charge on any atom is -0.364 e. The largest absolute Gasteiger partial charge is 0.364 e. The number of nitrogens with zero attached hydrogens (tertiary/aromatic N) is 8. The third-order valence-corrected chi connectivity index (χ3v) is 7.18. The highest BCUT2D eigenvalue weighted by atomic mass is 16.2. The van der Waals surface area contributed by atoms with Crippen LogP contribution in [0.4, 0.5) is 5.95 Å². The molecule has 0 atom stereocenters. The average molecular weight is 476 g/mol. The van der Waals surface area contributed by atoms with E-state index in [1.807, 2.05) is 21.9 Å². The summed E-state index contributed by atoms with van der Waals surface area (Å²) in [6.45, 7) is 5.78. The van der Waals surface area contributed by atoms with E-state index < -0.39 is 5.91 Å². The minimum absolute atomic E-state index is 0.175. The first kappa shape index (κ1) is 21.9. The lowest BCUT2D eigenvalue weighted by atomic mass is 10.00. The third-order valence-electron chi connectivity index (χ3n) is 7.18. The number of piperazine rings is 1. The molecule has 35 heavy (non-hydrogen) atoms. The molecule has 3 fully saturated rings. The Morgan fingerprint density at radius 1 is 1.00 bits per heavy atom. The van der Waals surface area contributed by atoms with E-state index >= 15 is 0 Å². The summed E-state index contributed by atoms with van der Waals surface area (Å²) in [6.07, 6.45) is 8.15. The Bertz CT molecular complexity index is 1240. The van der Waals surface area contributed by atoms with E-state index in [4.69, 9.17) is 5.73 Å². The first-order valence-electron chi connectivity index (χ1n) is 12.2. The number of nitrogens with two attached hydrogens (primary N) is 1. The van der Waals surface area contributed by atoms with Crippen molar-refractivity contribution in [2.45, 2.75) is 25.3 Å². The topological polar surface area (TPSA) is 126 Å². The number of primary amides is 1. The molecular weight excluding hydrogens is 446 g/mol. The summed E-state index contributed by atoms with van der Waals surface area (Å²) in [7, 11) is 0. The van der Waals surface area contributed by atoms with Gasteiger partial charge in [-0.3, -0.25) is 14.5 Å². The van der Waals surface area contributed by atoms with Gasteiger partial charge in [-0.15, -0.1) is 0 Å². The van der Waals surface area contributed by atoms with Crippen molar-refractivity contribution in [1.29, 1.82) is 0 Å². The highest BCUT2D eigenvalue weighted by Crippen LogP contribution is 2.39. The molecule has 3 aliphatic rings. The molecule has 0 spiro atoms. The number of carbonyl (C=O) groups is 2. The molecule has 6 rings (SSSR count). The lowest BCUT2D eigenvalue weighted by molar-refractivity contribution is -0.134. The number of pyridine rings is 1. The van der Waals surface area contributed by atoms with Crippen LogP contribution < -0.4 is 10.6 Å². The standard InChI is InChI=1S/C24H29N9O2/c25-22(35)19-3-4-20-23(29-19)33(15-28-20)13-16-11-30(12-16)14-21(34)31-5-7-32(8-6-31)24-26-9-18(10-27-24)17-1-2-17/h3-4,9-10,15-17H,1-2,5-8,11-14H2,(H2,25,35). The lowest BCUT2D eigenvalue weighted by Crippen LogP contribution is -2.55. The summed E-state index contributed by atoms with van der Waals surface area (Å²) in [5, 5.41) is 0. The molecular formula is C24H29N9O2. The molecule has 2 aliphatic heterocycles. The van der Waals surface area contributed by atoms with Crippen molar-refractivity contribution in [3.05, 3.63) is 42.1 Å². The molecule has 0 bridgehead atoms. The molecule has 0 unspecified atom stereocenters. The van der Waals surface area contributed by atoms with Crippen molar-refractivity contribution in [3.8, 4) is 0 Å². The van der Waals surface area contributed by atoms with Crippen LogP contribution in [0.1, 0.15) is 34.8 Å². The van der Waals surface area contributed by atoms with Crippen LogP contribution in [0, 0.1) is 5.92 Å². The zero-order chi connectivity index (χ0) is 23.9. The van der Waals surface area contributed by atoms with E-state index in [1.165, 1.54) is 18.4 Å². The van der Waals surface area contributed by atoms with Gasteiger partial charge in [-0.05, 0) is 36.5 Å². The van der Waals surface area contributed by atoms with Crippen molar-refractivity contribution >= 4 is 28.9 Å². The molecule has 1 aliphatic carbocycles.